The fraction of sp³-hybridized carbons (Fsp3) is 0.533. The molecule has 0 amide bonds. The summed E-state index contributed by atoms with van der Waals surface area (Å²) in [5, 5.41) is 0. The average molecular weight is 453 g/mol. The Morgan fingerprint density at radius 3 is 1.88 bits per heavy atom. The van der Waals surface area contributed by atoms with Gasteiger partial charge in [-0.1, -0.05) is 82.3 Å². The SMILES string of the molecule is CCCCCCCCCC1CCC(c2ccc(C#Cc3ccc(OC(F)F)cc3)cc2)CC1. The van der Waals surface area contributed by atoms with E-state index in [1.807, 2.05) is 0 Å². The van der Waals surface area contributed by atoms with Crippen LogP contribution < -0.4 is 4.74 Å². The highest BCUT2D eigenvalue weighted by atomic mass is 19.3. The van der Waals surface area contributed by atoms with Crippen molar-refractivity contribution in [2.45, 2.75) is 96.5 Å². The molecule has 2 aromatic carbocycles. The van der Waals surface area contributed by atoms with Crippen molar-refractivity contribution in [2.75, 3.05) is 0 Å². The van der Waals surface area contributed by atoms with Gasteiger partial charge in [0.15, 0.2) is 0 Å². The molecule has 0 aliphatic heterocycles. The zero-order valence-electron chi connectivity index (χ0n) is 20.0. The average Bonchev–Trinajstić information content (AvgIpc) is 2.83. The Kier molecular flexibility index (Phi) is 10.8. The number of halogens is 2. The van der Waals surface area contributed by atoms with Crippen LogP contribution in [-0.4, -0.2) is 6.61 Å². The molecule has 3 rings (SSSR count). The van der Waals surface area contributed by atoms with Gasteiger partial charge < -0.3 is 4.74 Å². The monoisotopic (exact) mass is 452 g/mol. The van der Waals surface area contributed by atoms with Crippen LogP contribution in [0.2, 0.25) is 0 Å². The molecular formula is C30H38F2O. The third-order valence-corrected chi connectivity index (χ3v) is 6.88. The topological polar surface area (TPSA) is 9.23 Å². The molecule has 1 nitrogen and oxygen atoms in total. The van der Waals surface area contributed by atoms with E-state index in [0.29, 0.717) is 5.92 Å². The Morgan fingerprint density at radius 2 is 1.30 bits per heavy atom. The maximum atomic E-state index is 12.2. The molecule has 0 spiro atoms. The summed E-state index contributed by atoms with van der Waals surface area (Å²) in [7, 11) is 0. The largest absolute Gasteiger partial charge is 0.435 e. The van der Waals surface area contributed by atoms with Crippen LogP contribution in [-0.2, 0) is 0 Å². The second-order valence-corrected chi connectivity index (χ2v) is 9.40. The minimum atomic E-state index is -2.80. The molecule has 1 saturated carbocycles. The molecule has 0 atom stereocenters. The van der Waals surface area contributed by atoms with Crippen LogP contribution in [0.5, 0.6) is 5.75 Å². The van der Waals surface area contributed by atoms with Crippen LogP contribution in [0.15, 0.2) is 48.5 Å². The number of hydrogen-bond acceptors (Lipinski definition) is 1. The summed E-state index contributed by atoms with van der Waals surface area (Å²) >= 11 is 0. The molecule has 0 saturated heterocycles. The summed E-state index contributed by atoms with van der Waals surface area (Å²) in [5.41, 5.74) is 3.18. The number of benzene rings is 2. The molecule has 1 aliphatic rings. The van der Waals surface area contributed by atoms with Crippen LogP contribution >= 0.6 is 0 Å². The summed E-state index contributed by atoms with van der Waals surface area (Å²) in [6, 6.07) is 15.1. The van der Waals surface area contributed by atoms with E-state index in [9.17, 15) is 8.78 Å². The molecule has 0 N–H and O–H groups in total. The summed E-state index contributed by atoms with van der Waals surface area (Å²) in [5.74, 6) is 8.02. The van der Waals surface area contributed by atoms with Crippen LogP contribution in [0.3, 0.4) is 0 Å². The van der Waals surface area contributed by atoms with Crippen LogP contribution in [0.4, 0.5) is 8.78 Å². The second-order valence-electron chi connectivity index (χ2n) is 9.40. The minimum absolute atomic E-state index is 0.150. The van der Waals surface area contributed by atoms with E-state index in [4.69, 9.17) is 0 Å². The Morgan fingerprint density at radius 1 is 0.758 bits per heavy atom. The van der Waals surface area contributed by atoms with Crippen LogP contribution in [0.25, 0.3) is 0 Å². The van der Waals surface area contributed by atoms with E-state index >= 15 is 0 Å². The Hall–Kier alpha value is -2.34. The van der Waals surface area contributed by atoms with Crippen LogP contribution in [0, 0.1) is 17.8 Å². The van der Waals surface area contributed by atoms with Gasteiger partial charge in [0, 0.05) is 11.1 Å². The Bertz CT molecular complexity index is 853. The first kappa shape index (κ1) is 25.3. The lowest BCUT2D eigenvalue weighted by atomic mass is 9.77. The van der Waals surface area contributed by atoms with Crippen molar-refractivity contribution in [1.82, 2.24) is 0 Å². The van der Waals surface area contributed by atoms with E-state index in [1.54, 1.807) is 12.1 Å². The standard InChI is InChI=1S/C30H38F2O/c1-2-3-4-5-6-7-8-9-24-12-18-27(19-13-24)28-20-14-25(15-21-28)10-11-26-16-22-29(23-17-26)33-30(31)32/h14-17,20-24,27,30H,2-9,12-13,18-19H2,1H3. The van der Waals surface area contributed by atoms with E-state index in [0.717, 1.165) is 17.0 Å². The molecule has 33 heavy (non-hydrogen) atoms. The minimum Gasteiger partial charge on any atom is -0.435 e. The van der Waals surface area contributed by atoms with Crippen molar-refractivity contribution < 1.29 is 13.5 Å². The number of unbranched alkanes of at least 4 members (excludes halogenated alkanes) is 6. The molecule has 0 aromatic heterocycles. The van der Waals surface area contributed by atoms with E-state index in [2.05, 4.69) is 47.8 Å². The molecule has 0 radical (unpaired) electrons. The van der Waals surface area contributed by atoms with Crippen molar-refractivity contribution in [2.24, 2.45) is 5.92 Å². The molecule has 0 heterocycles. The predicted molar refractivity (Wildman–Crippen MR) is 133 cm³/mol. The van der Waals surface area contributed by atoms with E-state index < -0.39 is 6.61 Å². The van der Waals surface area contributed by atoms with Crippen molar-refractivity contribution >= 4 is 0 Å². The summed E-state index contributed by atoms with van der Waals surface area (Å²) < 4.78 is 28.8. The lowest BCUT2D eigenvalue weighted by molar-refractivity contribution is -0.0498. The van der Waals surface area contributed by atoms with Crippen molar-refractivity contribution in [3.63, 3.8) is 0 Å². The van der Waals surface area contributed by atoms with Gasteiger partial charge in [0.2, 0.25) is 0 Å². The first-order chi connectivity index (χ1) is 16.1. The van der Waals surface area contributed by atoms with Gasteiger partial charge in [0.25, 0.3) is 0 Å². The highest BCUT2D eigenvalue weighted by molar-refractivity contribution is 5.45. The van der Waals surface area contributed by atoms with E-state index in [-0.39, 0.29) is 5.75 Å². The summed E-state index contributed by atoms with van der Waals surface area (Å²) in [6.07, 6.45) is 16.6. The number of ether oxygens (including phenoxy) is 1. The fourth-order valence-electron chi connectivity index (χ4n) is 4.88. The third kappa shape index (κ3) is 9.20. The lowest BCUT2D eigenvalue weighted by Crippen LogP contribution is -2.13. The molecular weight excluding hydrogens is 414 g/mol. The van der Waals surface area contributed by atoms with E-state index in [1.165, 1.54) is 94.7 Å². The van der Waals surface area contributed by atoms with Gasteiger partial charge >= 0.3 is 6.61 Å². The van der Waals surface area contributed by atoms with Gasteiger partial charge in [-0.2, -0.15) is 8.78 Å². The van der Waals surface area contributed by atoms with Gasteiger partial charge in [-0.15, -0.1) is 0 Å². The Balaban J connectivity index is 1.39. The van der Waals surface area contributed by atoms with Crippen LogP contribution in [0.1, 0.15) is 107 Å². The molecule has 2 aromatic rings. The number of rotatable bonds is 11. The molecule has 1 fully saturated rings. The van der Waals surface area contributed by atoms with Gasteiger partial charge in [-0.25, -0.2) is 0 Å². The number of alkyl halides is 2. The quantitative estimate of drug-likeness (QED) is 0.244. The first-order valence-electron chi connectivity index (χ1n) is 12.8. The zero-order valence-corrected chi connectivity index (χ0v) is 20.0. The molecule has 3 heteroatoms. The molecule has 1 aliphatic carbocycles. The normalized spacial score (nSPS) is 18.1. The lowest BCUT2D eigenvalue weighted by Gasteiger charge is -2.29. The van der Waals surface area contributed by atoms with Crippen molar-refractivity contribution in [1.29, 1.82) is 0 Å². The third-order valence-electron chi connectivity index (χ3n) is 6.88. The summed E-state index contributed by atoms with van der Waals surface area (Å²) in [4.78, 5) is 0. The van der Waals surface area contributed by atoms with Crippen molar-refractivity contribution in [3.8, 4) is 17.6 Å². The molecule has 0 bridgehead atoms. The maximum absolute atomic E-state index is 12.2. The molecule has 0 unspecified atom stereocenters. The highest BCUT2D eigenvalue weighted by Gasteiger charge is 2.21. The predicted octanol–water partition coefficient (Wildman–Crippen LogP) is 9.10. The van der Waals surface area contributed by atoms with Gasteiger partial charge in [0.1, 0.15) is 5.75 Å². The fourth-order valence-corrected chi connectivity index (χ4v) is 4.88. The smallest absolute Gasteiger partial charge is 0.387 e. The van der Waals surface area contributed by atoms with Crippen molar-refractivity contribution in [3.05, 3.63) is 65.2 Å². The zero-order chi connectivity index (χ0) is 23.3. The van der Waals surface area contributed by atoms with Gasteiger partial charge in [0.05, 0.1) is 0 Å². The highest BCUT2D eigenvalue weighted by Crippen LogP contribution is 2.37. The maximum Gasteiger partial charge on any atom is 0.387 e. The second kappa shape index (κ2) is 14.0. The van der Waals surface area contributed by atoms with Gasteiger partial charge in [-0.05, 0) is 79.5 Å². The van der Waals surface area contributed by atoms with Gasteiger partial charge in [-0.3, -0.25) is 0 Å². The summed E-state index contributed by atoms with van der Waals surface area (Å²) in [6.45, 7) is -0.527. The molecule has 178 valence electrons. The first-order valence-corrected chi connectivity index (χ1v) is 12.8. The number of hydrogen-bond donors (Lipinski definition) is 0. The Labute approximate surface area is 198 Å².